The van der Waals surface area contributed by atoms with E-state index in [2.05, 4.69) is 24.3 Å². The van der Waals surface area contributed by atoms with E-state index in [1.807, 2.05) is 13.1 Å². The summed E-state index contributed by atoms with van der Waals surface area (Å²) in [7, 11) is 1.83. The SMILES string of the molecule is CC(C)NCC(C)(O)c1ccnn1C. The summed E-state index contributed by atoms with van der Waals surface area (Å²) >= 11 is 0. The summed E-state index contributed by atoms with van der Waals surface area (Å²) < 4.78 is 1.70. The molecule has 1 aromatic rings. The van der Waals surface area contributed by atoms with E-state index in [1.165, 1.54) is 0 Å². The third-order valence-electron chi connectivity index (χ3n) is 2.23. The zero-order valence-electron chi connectivity index (χ0n) is 9.28. The molecule has 0 saturated carbocycles. The number of aryl methyl sites for hydroxylation is 1. The number of nitrogens with one attached hydrogen (secondary N) is 1. The molecule has 1 atom stereocenters. The molecule has 14 heavy (non-hydrogen) atoms. The Hall–Kier alpha value is -0.870. The molecular formula is C10H19N3O. The van der Waals surface area contributed by atoms with Crippen molar-refractivity contribution in [3.8, 4) is 0 Å². The van der Waals surface area contributed by atoms with Gasteiger partial charge in [0.05, 0.1) is 5.69 Å². The summed E-state index contributed by atoms with van der Waals surface area (Å²) in [6.07, 6.45) is 1.69. The summed E-state index contributed by atoms with van der Waals surface area (Å²) in [4.78, 5) is 0. The fourth-order valence-corrected chi connectivity index (χ4v) is 1.40. The van der Waals surface area contributed by atoms with Gasteiger partial charge in [-0.2, -0.15) is 5.10 Å². The lowest BCUT2D eigenvalue weighted by atomic mass is 10.0. The van der Waals surface area contributed by atoms with E-state index in [0.717, 1.165) is 5.69 Å². The monoisotopic (exact) mass is 197 g/mol. The molecule has 0 fully saturated rings. The highest BCUT2D eigenvalue weighted by molar-refractivity contribution is 5.10. The van der Waals surface area contributed by atoms with Crippen LogP contribution in [0.25, 0.3) is 0 Å². The van der Waals surface area contributed by atoms with Crippen LogP contribution in [-0.2, 0) is 12.6 Å². The molecule has 0 radical (unpaired) electrons. The first-order chi connectivity index (χ1) is 6.43. The molecule has 1 aromatic heterocycles. The third-order valence-corrected chi connectivity index (χ3v) is 2.23. The van der Waals surface area contributed by atoms with Crippen molar-refractivity contribution in [3.63, 3.8) is 0 Å². The molecule has 4 nitrogen and oxygen atoms in total. The molecule has 0 aliphatic heterocycles. The van der Waals surface area contributed by atoms with Crippen LogP contribution < -0.4 is 5.32 Å². The van der Waals surface area contributed by atoms with Gasteiger partial charge in [0.15, 0.2) is 0 Å². The minimum atomic E-state index is -0.866. The molecule has 0 aromatic carbocycles. The summed E-state index contributed by atoms with van der Waals surface area (Å²) in [5.41, 5.74) is -0.0409. The molecule has 0 amide bonds. The van der Waals surface area contributed by atoms with Gasteiger partial charge in [-0.15, -0.1) is 0 Å². The van der Waals surface area contributed by atoms with Crippen LogP contribution in [0.15, 0.2) is 12.3 Å². The van der Waals surface area contributed by atoms with E-state index in [0.29, 0.717) is 12.6 Å². The molecule has 0 aliphatic carbocycles. The van der Waals surface area contributed by atoms with Gasteiger partial charge >= 0.3 is 0 Å². The lowest BCUT2D eigenvalue weighted by Crippen LogP contribution is -2.39. The molecule has 0 bridgehead atoms. The van der Waals surface area contributed by atoms with Crippen LogP contribution in [0.4, 0.5) is 0 Å². The van der Waals surface area contributed by atoms with E-state index in [9.17, 15) is 5.11 Å². The first-order valence-electron chi connectivity index (χ1n) is 4.88. The number of hydrogen-bond donors (Lipinski definition) is 2. The predicted octanol–water partition coefficient (Wildman–Crippen LogP) is 0.626. The fourth-order valence-electron chi connectivity index (χ4n) is 1.40. The smallest absolute Gasteiger partial charge is 0.116 e. The van der Waals surface area contributed by atoms with Crippen molar-refractivity contribution >= 4 is 0 Å². The number of aliphatic hydroxyl groups is 1. The third kappa shape index (κ3) is 2.56. The maximum absolute atomic E-state index is 10.2. The Morgan fingerprint density at radius 2 is 2.29 bits per heavy atom. The molecule has 80 valence electrons. The van der Waals surface area contributed by atoms with E-state index >= 15 is 0 Å². The van der Waals surface area contributed by atoms with E-state index in [-0.39, 0.29) is 0 Å². The maximum Gasteiger partial charge on any atom is 0.116 e. The number of aromatic nitrogens is 2. The van der Waals surface area contributed by atoms with Crippen molar-refractivity contribution in [1.29, 1.82) is 0 Å². The number of rotatable bonds is 4. The Labute approximate surface area is 84.9 Å². The molecule has 0 aliphatic rings. The number of hydrogen-bond acceptors (Lipinski definition) is 3. The standard InChI is InChI=1S/C10H19N3O/c1-8(2)11-7-10(3,14)9-5-6-12-13(9)4/h5-6,8,11,14H,7H2,1-4H3. The Balaban J connectivity index is 2.70. The Kier molecular flexibility index (Phi) is 3.29. The largest absolute Gasteiger partial charge is 0.383 e. The molecule has 4 heteroatoms. The Bertz CT molecular complexity index is 291. The van der Waals surface area contributed by atoms with E-state index < -0.39 is 5.60 Å². The summed E-state index contributed by atoms with van der Waals surface area (Å²) in [5, 5.41) is 17.4. The van der Waals surface area contributed by atoms with Crippen LogP contribution in [0, 0.1) is 0 Å². The Morgan fingerprint density at radius 3 is 2.71 bits per heavy atom. The second-order valence-electron chi connectivity index (χ2n) is 4.15. The number of nitrogens with zero attached hydrogens (tertiary/aromatic N) is 2. The average molecular weight is 197 g/mol. The van der Waals surface area contributed by atoms with Gasteiger partial charge in [0, 0.05) is 25.8 Å². The van der Waals surface area contributed by atoms with Crippen molar-refractivity contribution in [2.75, 3.05) is 6.54 Å². The molecule has 1 unspecified atom stereocenters. The quantitative estimate of drug-likeness (QED) is 0.744. The van der Waals surface area contributed by atoms with Crippen LogP contribution in [0.5, 0.6) is 0 Å². The zero-order valence-corrected chi connectivity index (χ0v) is 9.28. The highest BCUT2D eigenvalue weighted by Gasteiger charge is 2.25. The van der Waals surface area contributed by atoms with E-state index in [1.54, 1.807) is 17.8 Å². The lowest BCUT2D eigenvalue weighted by molar-refractivity contribution is 0.0466. The van der Waals surface area contributed by atoms with Crippen molar-refractivity contribution in [1.82, 2.24) is 15.1 Å². The summed E-state index contributed by atoms with van der Waals surface area (Å²) in [6, 6.07) is 2.21. The Morgan fingerprint density at radius 1 is 1.64 bits per heavy atom. The van der Waals surface area contributed by atoms with Gasteiger partial charge in [-0.3, -0.25) is 4.68 Å². The highest BCUT2D eigenvalue weighted by Crippen LogP contribution is 2.18. The second-order valence-corrected chi connectivity index (χ2v) is 4.15. The van der Waals surface area contributed by atoms with Gasteiger partial charge < -0.3 is 10.4 Å². The summed E-state index contributed by atoms with van der Waals surface area (Å²) in [5.74, 6) is 0. The first kappa shape index (κ1) is 11.2. The van der Waals surface area contributed by atoms with Gasteiger partial charge in [0.25, 0.3) is 0 Å². The van der Waals surface area contributed by atoms with Gasteiger partial charge in [-0.25, -0.2) is 0 Å². The topological polar surface area (TPSA) is 50.1 Å². The van der Waals surface area contributed by atoms with Crippen LogP contribution in [-0.4, -0.2) is 27.5 Å². The lowest BCUT2D eigenvalue weighted by Gasteiger charge is -2.25. The minimum Gasteiger partial charge on any atom is -0.383 e. The maximum atomic E-state index is 10.2. The van der Waals surface area contributed by atoms with Gasteiger partial charge in [0.2, 0.25) is 0 Å². The molecular weight excluding hydrogens is 178 g/mol. The van der Waals surface area contributed by atoms with Gasteiger partial charge in [-0.05, 0) is 13.0 Å². The summed E-state index contributed by atoms with van der Waals surface area (Å²) in [6.45, 7) is 6.43. The van der Waals surface area contributed by atoms with Gasteiger partial charge in [-0.1, -0.05) is 13.8 Å². The minimum absolute atomic E-state index is 0.370. The molecule has 1 heterocycles. The van der Waals surface area contributed by atoms with Crippen molar-refractivity contribution < 1.29 is 5.11 Å². The molecule has 0 saturated heterocycles. The van der Waals surface area contributed by atoms with Crippen LogP contribution in [0.1, 0.15) is 26.5 Å². The van der Waals surface area contributed by atoms with Gasteiger partial charge in [0.1, 0.15) is 5.60 Å². The fraction of sp³-hybridized carbons (Fsp3) is 0.700. The molecule has 0 spiro atoms. The highest BCUT2D eigenvalue weighted by atomic mass is 16.3. The molecule has 1 rings (SSSR count). The second kappa shape index (κ2) is 4.11. The van der Waals surface area contributed by atoms with Crippen LogP contribution in [0.2, 0.25) is 0 Å². The zero-order chi connectivity index (χ0) is 10.8. The van der Waals surface area contributed by atoms with Crippen molar-refractivity contribution in [3.05, 3.63) is 18.0 Å². The van der Waals surface area contributed by atoms with Crippen LogP contribution >= 0.6 is 0 Å². The van der Waals surface area contributed by atoms with Crippen molar-refractivity contribution in [2.24, 2.45) is 7.05 Å². The first-order valence-corrected chi connectivity index (χ1v) is 4.88. The van der Waals surface area contributed by atoms with E-state index in [4.69, 9.17) is 0 Å². The van der Waals surface area contributed by atoms with Crippen molar-refractivity contribution in [2.45, 2.75) is 32.4 Å². The normalized spacial score (nSPS) is 15.9. The molecule has 2 N–H and O–H groups in total. The average Bonchev–Trinajstić information content (AvgIpc) is 2.48. The predicted molar refractivity (Wildman–Crippen MR) is 55.9 cm³/mol. The van der Waals surface area contributed by atoms with Crippen LogP contribution in [0.3, 0.4) is 0 Å².